The highest BCUT2D eigenvalue weighted by molar-refractivity contribution is 14.0. The lowest BCUT2D eigenvalue weighted by Gasteiger charge is -2.23. The largest absolute Gasteiger partial charge is 0.370 e. The van der Waals surface area contributed by atoms with Crippen LogP contribution in [-0.2, 0) is 16.1 Å². The van der Waals surface area contributed by atoms with E-state index in [0.29, 0.717) is 25.2 Å². The maximum atomic E-state index is 12.2. The van der Waals surface area contributed by atoms with Crippen molar-refractivity contribution in [2.45, 2.75) is 51.3 Å². The van der Waals surface area contributed by atoms with Gasteiger partial charge in [0.05, 0.1) is 6.54 Å². The van der Waals surface area contributed by atoms with E-state index in [9.17, 15) is 4.79 Å². The number of likely N-dealkylation sites (N-methyl/N-ethyl adjacent to an activating group) is 1. The maximum absolute atomic E-state index is 12.2. The van der Waals surface area contributed by atoms with Crippen molar-refractivity contribution >= 4 is 41.5 Å². The van der Waals surface area contributed by atoms with Gasteiger partial charge in [-0.05, 0) is 56.5 Å². The first-order chi connectivity index (χ1) is 13.2. The first-order valence-corrected chi connectivity index (χ1v) is 9.95. The van der Waals surface area contributed by atoms with Crippen molar-refractivity contribution in [3.05, 3.63) is 29.8 Å². The van der Waals surface area contributed by atoms with Gasteiger partial charge in [-0.25, -0.2) is 4.99 Å². The van der Waals surface area contributed by atoms with E-state index >= 15 is 0 Å². The molecule has 2 aliphatic heterocycles. The number of aliphatic imine (C=N–C) groups is 1. The molecule has 0 radical (unpaired) electrons. The van der Waals surface area contributed by atoms with Gasteiger partial charge in [0.1, 0.15) is 6.10 Å². The molecule has 1 aromatic carbocycles. The molecule has 0 saturated carbocycles. The van der Waals surface area contributed by atoms with E-state index in [0.717, 1.165) is 37.2 Å². The summed E-state index contributed by atoms with van der Waals surface area (Å²) >= 11 is 0. The average Bonchev–Trinajstić information content (AvgIpc) is 3.36. The summed E-state index contributed by atoms with van der Waals surface area (Å²) in [6.07, 6.45) is 3.86. The number of likely N-dealkylation sites (tertiary alicyclic amines) is 1. The minimum absolute atomic E-state index is 0. The molecule has 28 heavy (non-hydrogen) atoms. The number of hydrogen-bond acceptors (Lipinski definition) is 4. The third-order valence-electron chi connectivity index (χ3n) is 5.27. The van der Waals surface area contributed by atoms with E-state index in [1.54, 1.807) is 0 Å². The van der Waals surface area contributed by atoms with Gasteiger partial charge in [0.2, 0.25) is 0 Å². The zero-order chi connectivity index (χ0) is 19.1. The van der Waals surface area contributed by atoms with Crippen LogP contribution in [0, 0.1) is 0 Å². The number of carbonyl (C=O) groups is 1. The van der Waals surface area contributed by atoms with E-state index in [1.807, 2.05) is 24.3 Å². The minimum atomic E-state index is -0.329. The van der Waals surface area contributed by atoms with Gasteiger partial charge in [-0.3, -0.25) is 9.69 Å². The summed E-state index contributed by atoms with van der Waals surface area (Å²) in [6, 6.07) is 8.24. The van der Waals surface area contributed by atoms with Crippen LogP contribution in [0.3, 0.4) is 0 Å². The summed E-state index contributed by atoms with van der Waals surface area (Å²) in [5.74, 6) is 0.387. The topological polar surface area (TPSA) is 92.0 Å². The van der Waals surface area contributed by atoms with Crippen molar-refractivity contribution in [1.29, 1.82) is 0 Å². The van der Waals surface area contributed by atoms with E-state index in [2.05, 4.69) is 27.4 Å². The van der Waals surface area contributed by atoms with Crippen LogP contribution >= 0.6 is 24.0 Å². The van der Waals surface area contributed by atoms with E-state index in [1.165, 1.54) is 19.4 Å². The molecule has 2 unspecified atom stereocenters. The summed E-state index contributed by atoms with van der Waals surface area (Å²) in [7, 11) is 0. The molecule has 0 aromatic heterocycles. The number of anilines is 1. The van der Waals surface area contributed by atoms with Crippen molar-refractivity contribution in [2.75, 3.05) is 31.6 Å². The second-order valence-electron chi connectivity index (χ2n) is 7.20. The molecule has 7 nitrogen and oxygen atoms in total. The molecule has 0 bridgehead atoms. The fourth-order valence-corrected chi connectivity index (χ4v) is 3.75. The number of amides is 1. The highest BCUT2D eigenvalue weighted by Crippen LogP contribution is 2.17. The van der Waals surface area contributed by atoms with Crippen LogP contribution < -0.4 is 16.4 Å². The number of rotatable bonds is 7. The van der Waals surface area contributed by atoms with Crippen molar-refractivity contribution < 1.29 is 9.53 Å². The second-order valence-corrected chi connectivity index (χ2v) is 7.20. The van der Waals surface area contributed by atoms with Crippen LogP contribution in [0.25, 0.3) is 0 Å². The number of guanidine groups is 1. The highest BCUT2D eigenvalue weighted by Gasteiger charge is 2.24. The fourth-order valence-electron chi connectivity index (χ4n) is 3.75. The zero-order valence-electron chi connectivity index (χ0n) is 16.5. The lowest BCUT2D eigenvalue weighted by molar-refractivity contribution is -0.124. The highest BCUT2D eigenvalue weighted by atomic mass is 127. The number of nitrogens with two attached hydrogens (primary N) is 1. The summed E-state index contributed by atoms with van der Waals surface area (Å²) in [6.45, 7) is 6.42. The van der Waals surface area contributed by atoms with Gasteiger partial charge in [-0.15, -0.1) is 24.0 Å². The number of nitrogens with zero attached hydrogens (tertiary/aromatic N) is 2. The first kappa shape index (κ1) is 22.9. The van der Waals surface area contributed by atoms with Crippen molar-refractivity contribution in [2.24, 2.45) is 10.7 Å². The smallest absolute Gasteiger partial charge is 0.253 e. The Labute approximate surface area is 184 Å². The molecular weight excluding hydrogens is 469 g/mol. The molecule has 3 rings (SSSR count). The predicted molar refractivity (Wildman–Crippen MR) is 123 cm³/mol. The van der Waals surface area contributed by atoms with Crippen molar-refractivity contribution in [3.8, 4) is 0 Å². The number of carbonyl (C=O) groups excluding carboxylic acids is 1. The zero-order valence-corrected chi connectivity index (χ0v) is 18.9. The molecule has 2 atom stereocenters. The van der Waals surface area contributed by atoms with Gasteiger partial charge in [-0.1, -0.05) is 19.1 Å². The van der Waals surface area contributed by atoms with Crippen LogP contribution in [0.4, 0.5) is 5.69 Å². The monoisotopic (exact) mass is 501 g/mol. The van der Waals surface area contributed by atoms with Gasteiger partial charge in [0, 0.05) is 24.9 Å². The molecule has 2 saturated heterocycles. The number of nitrogens with one attached hydrogen (secondary N) is 2. The molecule has 2 fully saturated rings. The molecule has 156 valence electrons. The third-order valence-corrected chi connectivity index (χ3v) is 5.27. The average molecular weight is 501 g/mol. The van der Waals surface area contributed by atoms with Gasteiger partial charge < -0.3 is 21.1 Å². The van der Waals surface area contributed by atoms with Gasteiger partial charge in [0.25, 0.3) is 5.91 Å². The SMILES string of the molecule is CCN1CCCC1CNC(N)=NCc1cccc(NC(=O)C2CCCO2)c1.I. The Bertz CT molecular complexity index is 664. The molecule has 2 aliphatic rings. The molecule has 0 spiro atoms. The number of benzene rings is 1. The van der Waals surface area contributed by atoms with Crippen LogP contribution in [0.5, 0.6) is 0 Å². The van der Waals surface area contributed by atoms with E-state index in [-0.39, 0.29) is 36.0 Å². The Hall–Kier alpha value is -1.39. The number of ether oxygens (including phenoxy) is 1. The Morgan fingerprint density at radius 2 is 2.21 bits per heavy atom. The van der Waals surface area contributed by atoms with Crippen LogP contribution in [0.1, 0.15) is 38.2 Å². The van der Waals surface area contributed by atoms with Gasteiger partial charge in [-0.2, -0.15) is 0 Å². The lowest BCUT2D eigenvalue weighted by Crippen LogP contribution is -2.42. The summed E-state index contributed by atoms with van der Waals surface area (Å²) in [4.78, 5) is 19.1. The Morgan fingerprint density at radius 3 is 2.96 bits per heavy atom. The van der Waals surface area contributed by atoms with E-state index < -0.39 is 0 Å². The Balaban J connectivity index is 0.00000280. The van der Waals surface area contributed by atoms with E-state index in [4.69, 9.17) is 10.5 Å². The van der Waals surface area contributed by atoms with Crippen LogP contribution in [0.15, 0.2) is 29.3 Å². The molecule has 4 N–H and O–H groups in total. The molecule has 1 amide bonds. The maximum Gasteiger partial charge on any atom is 0.253 e. The lowest BCUT2D eigenvalue weighted by atomic mass is 10.2. The molecule has 0 aliphatic carbocycles. The third kappa shape index (κ3) is 6.59. The van der Waals surface area contributed by atoms with Crippen molar-refractivity contribution in [1.82, 2.24) is 10.2 Å². The van der Waals surface area contributed by atoms with Gasteiger partial charge in [0.15, 0.2) is 5.96 Å². The summed E-state index contributed by atoms with van der Waals surface area (Å²) < 4.78 is 5.42. The normalized spacial score (nSPS) is 22.7. The minimum Gasteiger partial charge on any atom is -0.370 e. The number of halogens is 1. The van der Waals surface area contributed by atoms with Crippen LogP contribution in [0.2, 0.25) is 0 Å². The summed E-state index contributed by atoms with van der Waals surface area (Å²) in [5, 5.41) is 6.16. The standard InChI is InChI=1S/C20H31N5O2.HI/c1-2-25-10-4-8-17(25)14-23-20(21)22-13-15-6-3-7-16(12-15)24-19(26)18-9-5-11-27-18;/h3,6-7,12,17-18H,2,4-5,8-11,13-14H2,1H3,(H,24,26)(H3,21,22,23);1H. The quantitative estimate of drug-likeness (QED) is 0.303. The Kier molecular flexibility index (Phi) is 9.46. The first-order valence-electron chi connectivity index (χ1n) is 9.95. The Morgan fingerprint density at radius 1 is 1.36 bits per heavy atom. The molecular formula is C20H32IN5O2. The number of hydrogen-bond donors (Lipinski definition) is 3. The van der Waals surface area contributed by atoms with Gasteiger partial charge >= 0.3 is 0 Å². The molecule has 1 aromatic rings. The molecule has 2 heterocycles. The predicted octanol–water partition coefficient (Wildman–Crippen LogP) is 2.31. The molecule has 8 heteroatoms. The second kappa shape index (κ2) is 11.6. The summed E-state index contributed by atoms with van der Waals surface area (Å²) in [5.41, 5.74) is 7.79. The fraction of sp³-hybridized carbons (Fsp3) is 0.600. The van der Waals surface area contributed by atoms with Crippen molar-refractivity contribution in [3.63, 3.8) is 0 Å². The van der Waals surface area contributed by atoms with Crippen LogP contribution in [-0.4, -0.2) is 55.2 Å².